The maximum absolute atomic E-state index is 4.56. The number of hydrogen-bond acceptors (Lipinski definition) is 2. The lowest BCUT2D eigenvalue weighted by atomic mass is 10.0. The summed E-state index contributed by atoms with van der Waals surface area (Å²) in [7, 11) is 0. The number of aryl methyl sites for hydroxylation is 1. The van der Waals surface area contributed by atoms with Crippen molar-refractivity contribution >= 4 is 17.0 Å². The highest BCUT2D eigenvalue weighted by atomic mass is 32.1. The number of thiophene rings is 1. The van der Waals surface area contributed by atoms with Crippen LogP contribution < -0.4 is 0 Å². The molecule has 1 nitrogen and oxygen atoms in total. The fourth-order valence-corrected chi connectivity index (χ4v) is 2.36. The number of rotatable bonds is 2. The Hall–Kier alpha value is -0.890. The van der Waals surface area contributed by atoms with Gasteiger partial charge in [0.1, 0.15) is 0 Å². The van der Waals surface area contributed by atoms with Crippen LogP contribution in [-0.2, 0) is 0 Å². The molecule has 0 spiro atoms. The number of aliphatic imine (C=N–C) groups is 1. The third kappa shape index (κ3) is 1.80. The molecule has 2 heterocycles. The van der Waals surface area contributed by atoms with Crippen molar-refractivity contribution in [3.63, 3.8) is 0 Å². The van der Waals surface area contributed by atoms with Crippen molar-refractivity contribution in [3.05, 3.63) is 33.5 Å². The smallest absolute Gasteiger partial charge is 0.0750 e. The van der Waals surface area contributed by atoms with Gasteiger partial charge in [0.2, 0.25) is 0 Å². The molecular weight excluding hydrogens is 190 g/mol. The maximum Gasteiger partial charge on any atom is 0.0750 e. The Bertz CT molecular complexity index is 396. The third-order valence-corrected chi connectivity index (χ3v) is 3.51. The normalized spacial score (nSPS) is 16.0. The Morgan fingerprint density at radius 3 is 2.64 bits per heavy atom. The summed E-state index contributed by atoms with van der Waals surface area (Å²) in [5.74, 6) is 0.623. The third-order valence-electron chi connectivity index (χ3n) is 2.49. The molecule has 0 aliphatic carbocycles. The van der Waals surface area contributed by atoms with E-state index in [0.717, 1.165) is 6.54 Å². The van der Waals surface area contributed by atoms with Gasteiger partial charge in [0.15, 0.2) is 0 Å². The second-order valence-electron chi connectivity index (χ2n) is 3.99. The van der Waals surface area contributed by atoms with E-state index in [1.807, 2.05) is 11.3 Å². The predicted molar refractivity (Wildman–Crippen MR) is 63.4 cm³/mol. The summed E-state index contributed by atoms with van der Waals surface area (Å²) >= 11 is 1.82. The van der Waals surface area contributed by atoms with Crippen LogP contribution in [0.15, 0.2) is 28.8 Å². The summed E-state index contributed by atoms with van der Waals surface area (Å²) in [5.41, 5.74) is 2.62. The Kier molecular flexibility index (Phi) is 2.55. The first-order chi connectivity index (χ1) is 6.66. The van der Waals surface area contributed by atoms with E-state index in [9.17, 15) is 0 Å². The highest BCUT2D eigenvalue weighted by Gasteiger charge is 2.13. The molecule has 2 rings (SSSR count). The average molecular weight is 205 g/mol. The van der Waals surface area contributed by atoms with Gasteiger partial charge in [0, 0.05) is 4.88 Å². The standard InChI is InChI=1S/C12H15NS/c1-8(2)10-6-11(13-7-10)12-5-4-9(3)14-12/h4-6,8H,7H2,1-3H3. The van der Waals surface area contributed by atoms with E-state index in [0.29, 0.717) is 5.92 Å². The molecule has 1 aliphatic rings. The summed E-state index contributed by atoms with van der Waals surface area (Å²) in [4.78, 5) is 7.22. The quantitative estimate of drug-likeness (QED) is 0.701. The van der Waals surface area contributed by atoms with Gasteiger partial charge in [-0.3, -0.25) is 4.99 Å². The molecule has 1 aromatic heterocycles. The van der Waals surface area contributed by atoms with E-state index in [-0.39, 0.29) is 0 Å². The highest BCUT2D eigenvalue weighted by Crippen LogP contribution is 2.22. The van der Waals surface area contributed by atoms with Gasteiger partial charge in [0.25, 0.3) is 0 Å². The van der Waals surface area contributed by atoms with Gasteiger partial charge in [-0.2, -0.15) is 0 Å². The van der Waals surface area contributed by atoms with Crippen LogP contribution in [0.25, 0.3) is 0 Å². The maximum atomic E-state index is 4.56. The zero-order valence-corrected chi connectivity index (χ0v) is 9.69. The topological polar surface area (TPSA) is 12.4 Å². The minimum absolute atomic E-state index is 0.623. The average Bonchev–Trinajstić information content (AvgIpc) is 2.70. The van der Waals surface area contributed by atoms with Crippen LogP contribution in [0.5, 0.6) is 0 Å². The van der Waals surface area contributed by atoms with E-state index in [1.165, 1.54) is 21.0 Å². The van der Waals surface area contributed by atoms with Gasteiger partial charge in [-0.15, -0.1) is 11.3 Å². The molecule has 14 heavy (non-hydrogen) atoms. The molecule has 0 bridgehead atoms. The molecule has 0 amide bonds. The van der Waals surface area contributed by atoms with Crippen molar-refractivity contribution < 1.29 is 0 Å². The molecular formula is C12H15NS. The minimum atomic E-state index is 0.623. The summed E-state index contributed by atoms with van der Waals surface area (Å²) in [6, 6.07) is 4.32. The molecule has 1 aromatic rings. The Morgan fingerprint density at radius 1 is 1.36 bits per heavy atom. The number of hydrogen-bond donors (Lipinski definition) is 0. The van der Waals surface area contributed by atoms with Crippen LogP contribution in [0, 0.1) is 12.8 Å². The molecule has 0 saturated carbocycles. The first kappa shape index (κ1) is 9.66. The van der Waals surface area contributed by atoms with Crippen molar-refractivity contribution in [2.45, 2.75) is 20.8 Å². The van der Waals surface area contributed by atoms with Gasteiger partial charge in [-0.05, 0) is 36.6 Å². The van der Waals surface area contributed by atoms with Crippen molar-refractivity contribution in [2.75, 3.05) is 6.54 Å². The summed E-state index contributed by atoms with van der Waals surface area (Å²) in [5, 5.41) is 0. The van der Waals surface area contributed by atoms with Crippen LogP contribution in [-0.4, -0.2) is 12.3 Å². The van der Waals surface area contributed by atoms with Gasteiger partial charge in [-0.1, -0.05) is 13.8 Å². The Morgan fingerprint density at radius 2 is 2.14 bits per heavy atom. The number of allylic oxidation sites excluding steroid dienone is 1. The first-order valence-electron chi connectivity index (χ1n) is 4.98. The lowest BCUT2D eigenvalue weighted by Gasteiger charge is -2.01. The first-order valence-corrected chi connectivity index (χ1v) is 5.80. The largest absolute Gasteiger partial charge is 0.279 e. The predicted octanol–water partition coefficient (Wildman–Crippen LogP) is 3.44. The van der Waals surface area contributed by atoms with Crippen LogP contribution in [0.3, 0.4) is 0 Å². The zero-order chi connectivity index (χ0) is 10.1. The minimum Gasteiger partial charge on any atom is -0.279 e. The van der Waals surface area contributed by atoms with Crippen molar-refractivity contribution in [1.82, 2.24) is 0 Å². The Labute approximate surface area is 89.2 Å². The van der Waals surface area contributed by atoms with Gasteiger partial charge < -0.3 is 0 Å². The molecule has 0 saturated heterocycles. The fourth-order valence-electron chi connectivity index (χ4n) is 1.51. The van der Waals surface area contributed by atoms with Gasteiger partial charge >= 0.3 is 0 Å². The van der Waals surface area contributed by atoms with Crippen LogP contribution in [0.1, 0.15) is 23.6 Å². The highest BCUT2D eigenvalue weighted by molar-refractivity contribution is 7.14. The SMILES string of the molecule is Cc1ccc(C2=NCC(C(C)C)=C2)s1. The lowest BCUT2D eigenvalue weighted by Crippen LogP contribution is -1.94. The molecule has 0 atom stereocenters. The van der Waals surface area contributed by atoms with Crippen LogP contribution >= 0.6 is 11.3 Å². The molecule has 1 aliphatic heterocycles. The van der Waals surface area contributed by atoms with E-state index >= 15 is 0 Å². The van der Waals surface area contributed by atoms with Crippen LogP contribution in [0.4, 0.5) is 0 Å². The van der Waals surface area contributed by atoms with Crippen molar-refractivity contribution in [1.29, 1.82) is 0 Å². The summed E-state index contributed by atoms with van der Waals surface area (Å²) < 4.78 is 0. The van der Waals surface area contributed by atoms with Crippen molar-refractivity contribution in [2.24, 2.45) is 10.9 Å². The van der Waals surface area contributed by atoms with E-state index in [4.69, 9.17) is 0 Å². The second-order valence-corrected chi connectivity index (χ2v) is 5.27. The molecule has 2 heteroatoms. The summed E-state index contributed by atoms with van der Waals surface area (Å²) in [6.07, 6.45) is 2.25. The lowest BCUT2D eigenvalue weighted by molar-refractivity contribution is 0.754. The van der Waals surface area contributed by atoms with Crippen LogP contribution in [0.2, 0.25) is 0 Å². The second kappa shape index (κ2) is 3.70. The Balaban J connectivity index is 2.23. The summed E-state index contributed by atoms with van der Waals surface area (Å²) in [6.45, 7) is 7.48. The molecule has 0 unspecified atom stereocenters. The monoisotopic (exact) mass is 205 g/mol. The molecule has 74 valence electrons. The zero-order valence-electron chi connectivity index (χ0n) is 8.87. The number of nitrogens with zero attached hydrogens (tertiary/aromatic N) is 1. The van der Waals surface area contributed by atoms with E-state index in [1.54, 1.807) is 0 Å². The van der Waals surface area contributed by atoms with Gasteiger partial charge in [-0.25, -0.2) is 0 Å². The molecule has 0 radical (unpaired) electrons. The molecule has 0 aromatic carbocycles. The van der Waals surface area contributed by atoms with E-state index in [2.05, 4.69) is 44.0 Å². The molecule has 0 fully saturated rings. The van der Waals surface area contributed by atoms with E-state index < -0.39 is 0 Å². The van der Waals surface area contributed by atoms with Crippen molar-refractivity contribution in [3.8, 4) is 0 Å². The molecule has 0 N–H and O–H groups in total. The fraction of sp³-hybridized carbons (Fsp3) is 0.417. The van der Waals surface area contributed by atoms with Gasteiger partial charge in [0.05, 0.1) is 17.1 Å².